The van der Waals surface area contributed by atoms with Gasteiger partial charge in [0.2, 0.25) is 5.95 Å². The van der Waals surface area contributed by atoms with E-state index in [2.05, 4.69) is 29.1 Å². The van der Waals surface area contributed by atoms with E-state index in [0.29, 0.717) is 23.8 Å². The molecule has 0 amide bonds. The maximum atomic E-state index is 13.0. The van der Waals surface area contributed by atoms with E-state index in [4.69, 9.17) is 0 Å². The SMILES string of the molecule is CCC(CC)CC(O)Nc1nc2ccc(C(F)(F)F)nc2n1C1CCC1. The molecule has 0 aromatic carbocycles. The van der Waals surface area contributed by atoms with E-state index in [-0.39, 0.29) is 11.7 Å². The molecule has 3 rings (SSSR count). The predicted molar refractivity (Wildman–Crippen MR) is 93.7 cm³/mol. The van der Waals surface area contributed by atoms with Crippen LogP contribution in [0.2, 0.25) is 0 Å². The number of hydrogen-bond acceptors (Lipinski definition) is 4. The van der Waals surface area contributed by atoms with Crippen molar-refractivity contribution in [1.82, 2.24) is 14.5 Å². The van der Waals surface area contributed by atoms with Crippen molar-refractivity contribution in [2.75, 3.05) is 5.32 Å². The van der Waals surface area contributed by atoms with Crippen LogP contribution >= 0.6 is 0 Å². The third kappa shape index (κ3) is 3.79. The van der Waals surface area contributed by atoms with Crippen LogP contribution in [0.15, 0.2) is 12.1 Å². The van der Waals surface area contributed by atoms with Gasteiger partial charge in [-0.3, -0.25) is 4.57 Å². The van der Waals surface area contributed by atoms with Crippen molar-refractivity contribution in [2.45, 2.75) is 70.8 Å². The van der Waals surface area contributed by atoms with Crippen LogP contribution in [0.4, 0.5) is 19.1 Å². The van der Waals surface area contributed by atoms with Crippen LogP contribution < -0.4 is 5.32 Å². The Labute approximate surface area is 150 Å². The molecular weight excluding hydrogens is 345 g/mol. The standard InChI is InChI=1S/C18H25F3N4O/c1-3-11(4-2)10-15(26)24-17-22-13-8-9-14(18(19,20)21)23-16(13)25(17)12-6-5-7-12/h8-9,11-12,15,26H,3-7,10H2,1-2H3,(H,22,24). The Hall–Kier alpha value is -1.83. The van der Waals surface area contributed by atoms with Gasteiger partial charge in [0.15, 0.2) is 5.65 Å². The third-order valence-corrected chi connectivity index (χ3v) is 5.27. The molecule has 8 heteroatoms. The molecule has 0 spiro atoms. The number of hydrogen-bond donors (Lipinski definition) is 2. The highest BCUT2D eigenvalue weighted by Gasteiger charge is 2.34. The first kappa shape index (κ1) is 18.9. The topological polar surface area (TPSA) is 63.0 Å². The zero-order valence-corrected chi connectivity index (χ0v) is 15.1. The summed E-state index contributed by atoms with van der Waals surface area (Å²) >= 11 is 0. The van der Waals surface area contributed by atoms with Crippen molar-refractivity contribution < 1.29 is 18.3 Å². The van der Waals surface area contributed by atoms with Gasteiger partial charge < -0.3 is 10.4 Å². The number of imidazole rings is 1. The second-order valence-corrected chi connectivity index (χ2v) is 7.01. The lowest BCUT2D eigenvalue weighted by Gasteiger charge is -2.29. The van der Waals surface area contributed by atoms with Crippen molar-refractivity contribution in [3.05, 3.63) is 17.8 Å². The highest BCUT2D eigenvalue weighted by molar-refractivity contribution is 5.75. The van der Waals surface area contributed by atoms with Crippen LogP contribution in [-0.4, -0.2) is 25.9 Å². The molecule has 1 aliphatic rings. The fourth-order valence-corrected chi connectivity index (χ4v) is 3.37. The van der Waals surface area contributed by atoms with Gasteiger partial charge in [-0.2, -0.15) is 13.2 Å². The summed E-state index contributed by atoms with van der Waals surface area (Å²) in [4.78, 5) is 8.22. The van der Waals surface area contributed by atoms with Gasteiger partial charge in [-0.1, -0.05) is 26.7 Å². The first-order valence-corrected chi connectivity index (χ1v) is 9.24. The Morgan fingerprint density at radius 2 is 1.92 bits per heavy atom. The van der Waals surface area contributed by atoms with Gasteiger partial charge in [0.05, 0.1) is 0 Å². The largest absolute Gasteiger partial charge is 0.433 e. The van der Waals surface area contributed by atoms with E-state index in [9.17, 15) is 18.3 Å². The van der Waals surface area contributed by atoms with Gasteiger partial charge in [0.25, 0.3) is 0 Å². The van der Waals surface area contributed by atoms with Crippen LogP contribution in [0.1, 0.15) is 64.1 Å². The number of nitrogens with one attached hydrogen (secondary N) is 1. The lowest BCUT2D eigenvalue weighted by Crippen LogP contribution is -2.26. The molecule has 0 saturated heterocycles. The van der Waals surface area contributed by atoms with E-state index in [0.717, 1.165) is 38.2 Å². The van der Waals surface area contributed by atoms with Crippen molar-refractivity contribution in [3.8, 4) is 0 Å². The van der Waals surface area contributed by atoms with Crippen LogP contribution in [0.25, 0.3) is 11.2 Å². The summed E-state index contributed by atoms with van der Waals surface area (Å²) in [5.41, 5.74) is -0.293. The molecule has 1 atom stereocenters. The average molecular weight is 370 g/mol. The molecule has 2 N–H and O–H groups in total. The van der Waals surface area contributed by atoms with Crippen LogP contribution in [0, 0.1) is 5.92 Å². The van der Waals surface area contributed by atoms with Gasteiger partial charge in [-0.05, 0) is 43.7 Å². The van der Waals surface area contributed by atoms with Gasteiger partial charge >= 0.3 is 6.18 Å². The van der Waals surface area contributed by atoms with Gasteiger partial charge in [-0.25, -0.2) is 9.97 Å². The van der Waals surface area contributed by atoms with Crippen LogP contribution in [0.3, 0.4) is 0 Å². The van der Waals surface area contributed by atoms with Crippen molar-refractivity contribution in [1.29, 1.82) is 0 Å². The fourth-order valence-electron chi connectivity index (χ4n) is 3.37. The summed E-state index contributed by atoms with van der Waals surface area (Å²) in [6.45, 7) is 4.15. The number of aliphatic hydroxyl groups is 1. The summed E-state index contributed by atoms with van der Waals surface area (Å²) in [5.74, 6) is 0.781. The van der Waals surface area contributed by atoms with Crippen molar-refractivity contribution in [3.63, 3.8) is 0 Å². The Kier molecular flexibility index (Phi) is 5.41. The van der Waals surface area contributed by atoms with Gasteiger partial charge in [-0.15, -0.1) is 0 Å². The smallest absolute Gasteiger partial charge is 0.374 e. The summed E-state index contributed by atoms with van der Waals surface area (Å²) < 4.78 is 40.8. The molecule has 2 aromatic rings. The highest BCUT2D eigenvalue weighted by Crippen LogP contribution is 2.38. The molecule has 0 radical (unpaired) electrons. The second kappa shape index (κ2) is 7.42. The predicted octanol–water partition coefficient (Wildman–Crippen LogP) is 4.73. The monoisotopic (exact) mass is 370 g/mol. The lowest BCUT2D eigenvalue weighted by atomic mass is 9.93. The summed E-state index contributed by atoms with van der Waals surface area (Å²) in [6, 6.07) is 2.36. The quantitative estimate of drug-likeness (QED) is 0.692. The van der Waals surface area contributed by atoms with Crippen LogP contribution in [0.5, 0.6) is 0 Å². The number of nitrogens with zero attached hydrogens (tertiary/aromatic N) is 3. The molecule has 2 aromatic heterocycles. The zero-order valence-electron chi connectivity index (χ0n) is 15.1. The Morgan fingerprint density at radius 1 is 1.23 bits per heavy atom. The molecule has 1 unspecified atom stereocenters. The lowest BCUT2D eigenvalue weighted by molar-refractivity contribution is -0.141. The first-order chi connectivity index (χ1) is 12.3. The third-order valence-electron chi connectivity index (χ3n) is 5.27. The van der Waals surface area contributed by atoms with Gasteiger partial charge in [0, 0.05) is 6.04 Å². The van der Waals surface area contributed by atoms with E-state index in [1.54, 1.807) is 4.57 Å². The minimum Gasteiger partial charge on any atom is -0.374 e. The summed E-state index contributed by atoms with van der Waals surface area (Å²) in [7, 11) is 0. The van der Waals surface area contributed by atoms with Crippen molar-refractivity contribution >= 4 is 17.1 Å². The number of rotatable bonds is 7. The number of halogens is 3. The molecule has 1 saturated carbocycles. The second-order valence-electron chi connectivity index (χ2n) is 7.01. The molecular formula is C18H25F3N4O. The number of aromatic nitrogens is 3. The molecule has 144 valence electrons. The molecule has 26 heavy (non-hydrogen) atoms. The van der Waals surface area contributed by atoms with Gasteiger partial charge in [0.1, 0.15) is 17.4 Å². The van der Waals surface area contributed by atoms with E-state index >= 15 is 0 Å². The maximum Gasteiger partial charge on any atom is 0.433 e. The van der Waals surface area contributed by atoms with Crippen molar-refractivity contribution in [2.24, 2.45) is 5.92 Å². The highest BCUT2D eigenvalue weighted by atomic mass is 19.4. The Morgan fingerprint density at radius 3 is 2.46 bits per heavy atom. The number of alkyl halides is 3. The van der Waals surface area contributed by atoms with E-state index < -0.39 is 18.1 Å². The Balaban J connectivity index is 1.94. The molecule has 5 nitrogen and oxygen atoms in total. The fraction of sp³-hybridized carbons (Fsp3) is 0.667. The Bertz CT molecular complexity index is 751. The number of fused-ring (bicyclic) bond motifs is 1. The summed E-state index contributed by atoms with van der Waals surface area (Å²) in [5, 5.41) is 13.4. The van der Waals surface area contributed by atoms with Crippen LogP contribution in [-0.2, 0) is 6.18 Å². The normalized spacial score (nSPS) is 16.9. The number of anilines is 1. The minimum absolute atomic E-state index is 0.0684. The molecule has 1 fully saturated rings. The van der Waals surface area contributed by atoms with E-state index in [1.165, 1.54) is 6.07 Å². The number of pyridine rings is 1. The average Bonchev–Trinajstić information content (AvgIpc) is 2.87. The van der Waals surface area contributed by atoms with E-state index in [1.807, 2.05) is 0 Å². The maximum absolute atomic E-state index is 13.0. The molecule has 2 heterocycles. The minimum atomic E-state index is -4.49. The number of aliphatic hydroxyl groups excluding tert-OH is 1. The summed E-state index contributed by atoms with van der Waals surface area (Å²) in [6.07, 6.45) is -0.0125. The molecule has 1 aliphatic carbocycles. The molecule has 0 aliphatic heterocycles. The first-order valence-electron chi connectivity index (χ1n) is 9.24. The zero-order chi connectivity index (χ0) is 18.9. The molecule has 0 bridgehead atoms.